The van der Waals surface area contributed by atoms with Crippen LogP contribution in [0, 0.1) is 6.92 Å². The number of hydrogen-bond acceptors (Lipinski definition) is 4. The van der Waals surface area contributed by atoms with Gasteiger partial charge in [-0.15, -0.1) is 11.3 Å². The molecule has 2 aromatic heterocycles. The smallest absolute Gasteiger partial charge is 0.163 e. The van der Waals surface area contributed by atoms with E-state index in [-0.39, 0.29) is 0 Å². The van der Waals surface area contributed by atoms with Gasteiger partial charge in [-0.3, -0.25) is 0 Å². The quantitative estimate of drug-likeness (QED) is 0.758. The molecule has 4 heteroatoms. The third-order valence-corrected chi connectivity index (χ3v) is 3.80. The van der Waals surface area contributed by atoms with Gasteiger partial charge in [-0.1, -0.05) is 18.2 Å². The molecule has 1 aromatic carbocycles. The number of benzene rings is 1. The summed E-state index contributed by atoms with van der Waals surface area (Å²) in [7, 11) is 1.87. The Morgan fingerprint density at radius 1 is 1.17 bits per heavy atom. The van der Waals surface area contributed by atoms with E-state index in [1.54, 1.807) is 11.3 Å². The van der Waals surface area contributed by atoms with E-state index < -0.39 is 0 Å². The first-order chi connectivity index (χ1) is 8.78. The minimum Gasteiger partial charge on any atom is -0.373 e. The second kappa shape index (κ2) is 4.38. The fraction of sp³-hybridized carbons (Fsp3) is 0.143. The molecular formula is C14H13N3S. The number of fused-ring (bicyclic) bond motifs is 1. The van der Waals surface area contributed by atoms with Crippen molar-refractivity contribution in [2.75, 3.05) is 12.4 Å². The molecule has 0 amide bonds. The van der Waals surface area contributed by atoms with Crippen molar-refractivity contribution in [3.05, 3.63) is 41.4 Å². The van der Waals surface area contributed by atoms with E-state index in [4.69, 9.17) is 0 Å². The summed E-state index contributed by atoms with van der Waals surface area (Å²) < 4.78 is 1.27. The third kappa shape index (κ3) is 1.84. The summed E-state index contributed by atoms with van der Waals surface area (Å²) in [4.78, 5) is 9.06. The van der Waals surface area contributed by atoms with Crippen LogP contribution < -0.4 is 5.32 Å². The molecule has 1 N–H and O–H groups in total. The van der Waals surface area contributed by atoms with Crippen molar-refractivity contribution < 1.29 is 0 Å². The summed E-state index contributed by atoms with van der Waals surface area (Å²) in [5.74, 6) is 1.64. The molecule has 2 heterocycles. The zero-order valence-electron chi connectivity index (χ0n) is 10.3. The zero-order valence-corrected chi connectivity index (χ0v) is 11.1. The minimum atomic E-state index is 0.789. The molecule has 0 atom stereocenters. The molecule has 18 heavy (non-hydrogen) atoms. The van der Waals surface area contributed by atoms with Crippen LogP contribution in [0.25, 0.3) is 21.5 Å². The third-order valence-electron chi connectivity index (χ3n) is 2.83. The fourth-order valence-electron chi connectivity index (χ4n) is 1.97. The number of thiophene rings is 1. The summed E-state index contributed by atoms with van der Waals surface area (Å²) in [5, 5.41) is 6.41. The Kier molecular flexibility index (Phi) is 2.72. The molecule has 0 aliphatic heterocycles. The number of aromatic nitrogens is 2. The number of nitrogens with one attached hydrogen (secondary N) is 1. The number of aryl methyl sites for hydroxylation is 1. The van der Waals surface area contributed by atoms with Gasteiger partial charge in [0.25, 0.3) is 0 Å². The molecule has 0 saturated carbocycles. The number of hydrogen-bond donors (Lipinski definition) is 1. The van der Waals surface area contributed by atoms with Crippen LogP contribution in [0.1, 0.15) is 5.69 Å². The Hall–Kier alpha value is -1.94. The first-order valence-corrected chi connectivity index (χ1v) is 6.66. The Balaban J connectivity index is 2.22. The lowest BCUT2D eigenvalue weighted by Gasteiger charge is -2.04. The van der Waals surface area contributed by atoms with Crippen molar-refractivity contribution in [3.63, 3.8) is 0 Å². The maximum atomic E-state index is 4.53. The highest BCUT2D eigenvalue weighted by molar-refractivity contribution is 7.17. The van der Waals surface area contributed by atoms with Crippen LogP contribution >= 0.6 is 11.3 Å². The van der Waals surface area contributed by atoms with Crippen LogP contribution in [0.4, 0.5) is 5.82 Å². The number of anilines is 1. The number of rotatable bonds is 2. The molecule has 0 unspecified atom stereocenters. The molecular weight excluding hydrogens is 242 g/mol. The first-order valence-electron chi connectivity index (χ1n) is 5.78. The molecule has 0 spiro atoms. The fourth-order valence-corrected chi connectivity index (χ4v) is 2.91. The maximum absolute atomic E-state index is 4.53. The van der Waals surface area contributed by atoms with Gasteiger partial charge in [-0.05, 0) is 13.0 Å². The normalized spacial score (nSPS) is 10.8. The van der Waals surface area contributed by atoms with Crippen LogP contribution in [0.2, 0.25) is 0 Å². The molecule has 3 rings (SSSR count). The van der Waals surface area contributed by atoms with Gasteiger partial charge < -0.3 is 5.32 Å². The van der Waals surface area contributed by atoms with Crippen LogP contribution in [0.5, 0.6) is 0 Å². The Labute approximate surface area is 110 Å². The Morgan fingerprint density at radius 2 is 2.00 bits per heavy atom. The monoisotopic (exact) mass is 255 g/mol. The van der Waals surface area contributed by atoms with E-state index in [0.717, 1.165) is 22.9 Å². The molecule has 90 valence electrons. The lowest BCUT2D eigenvalue weighted by Crippen LogP contribution is -1.98. The standard InChI is InChI=1S/C14H13N3S/c1-9-7-13(15-2)17-14(16-9)11-8-18-12-6-4-3-5-10(11)12/h3-8H,1-2H3,(H,15,16,17). The summed E-state index contributed by atoms with van der Waals surface area (Å²) in [6.07, 6.45) is 0. The van der Waals surface area contributed by atoms with Crippen molar-refractivity contribution in [2.24, 2.45) is 0 Å². The maximum Gasteiger partial charge on any atom is 0.163 e. The lowest BCUT2D eigenvalue weighted by atomic mass is 10.1. The Bertz CT molecular complexity index is 703. The lowest BCUT2D eigenvalue weighted by molar-refractivity contribution is 1.11. The minimum absolute atomic E-state index is 0.789. The van der Waals surface area contributed by atoms with Crippen molar-refractivity contribution in [3.8, 4) is 11.4 Å². The molecule has 0 fully saturated rings. The molecule has 0 radical (unpaired) electrons. The van der Waals surface area contributed by atoms with Crippen molar-refractivity contribution in [1.29, 1.82) is 0 Å². The summed E-state index contributed by atoms with van der Waals surface area (Å²) in [6.45, 7) is 1.99. The topological polar surface area (TPSA) is 37.8 Å². The second-order valence-corrected chi connectivity index (χ2v) is 5.02. The SMILES string of the molecule is CNc1cc(C)nc(-c2csc3ccccc23)n1. The average molecular weight is 255 g/mol. The molecule has 0 bridgehead atoms. The van der Waals surface area contributed by atoms with Gasteiger partial charge in [-0.2, -0.15) is 0 Å². The van der Waals surface area contributed by atoms with Gasteiger partial charge in [-0.25, -0.2) is 9.97 Å². The largest absolute Gasteiger partial charge is 0.373 e. The Morgan fingerprint density at radius 3 is 2.83 bits per heavy atom. The van der Waals surface area contributed by atoms with Crippen LogP contribution in [-0.4, -0.2) is 17.0 Å². The van der Waals surface area contributed by atoms with Crippen LogP contribution in [0.15, 0.2) is 35.7 Å². The van der Waals surface area contributed by atoms with E-state index in [2.05, 4.69) is 38.9 Å². The first kappa shape index (κ1) is 11.2. The molecule has 0 saturated heterocycles. The van der Waals surface area contributed by atoms with Crippen LogP contribution in [0.3, 0.4) is 0 Å². The average Bonchev–Trinajstić information content (AvgIpc) is 2.81. The van der Waals surface area contributed by atoms with E-state index in [1.807, 2.05) is 26.1 Å². The van der Waals surface area contributed by atoms with Gasteiger partial charge >= 0.3 is 0 Å². The highest BCUT2D eigenvalue weighted by Crippen LogP contribution is 2.32. The highest BCUT2D eigenvalue weighted by atomic mass is 32.1. The van der Waals surface area contributed by atoms with E-state index >= 15 is 0 Å². The molecule has 0 aliphatic rings. The predicted molar refractivity (Wildman–Crippen MR) is 77.1 cm³/mol. The van der Waals surface area contributed by atoms with Gasteiger partial charge in [0.05, 0.1) is 0 Å². The van der Waals surface area contributed by atoms with E-state index in [1.165, 1.54) is 10.1 Å². The molecule has 0 aliphatic carbocycles. The summed E-state index contributed by atoms with van der Waals surface area (Å²) >= 11 is 1.73. The van der Waals surface area contributed by atoms with Crippen LogP contribution in [-0.2, 0) is 0 Å². The van der Waals surface area contributed by atoms with E-state index in [0.29, 0.717) is 0 Å². The zero-order chi connectivity index (χ0) is 12.5. The van der Waals surface area contributed by atoms with Crippen molar-refractivity contribution in [2.45, 2.75) is 6.92 Å². The van der Waals surface area contributed by atoms with Crippen molar-refractivity contribution >= 4 is 27.2 Å². The van der Waals surface area contributed by atoms with Gasteiger partial charge in [0, 0.05) is 39.8 Å². The second-order valence-electron chi connectivity index (χ2n) is 4.11. The van der Waals surface area contributed by atoms with Gasteiger partial charge in [0.2, 0.25) is 0 Å². The highest BCUT2D eigenvalue weighted by Gasteiger charge is 2.09. The summed E-state index contributed by atoms with van der Waals surface area (Å²) in [5.41, 5.74) is 2.08. The van der Waals surface area contributed by atoms with Gasteiger partial charge in [0.1, 0.15) is 5.82 Å². The summed E-state index contributed by atoms with van der Waals surface area (Å²) in [6, 6.07) is 10.3. The number of nitrogens with zero attached hydrogens (tertiary/aromatic N) is 2. The molecule has 3 aromatic rings. The molecule has 3 nitrogen and oxygen atoms in total. The van der Waals surface area contributed by atoms with Gasteiger partial charge in [0.15, 0.2) is 5.82 Å². The van der Waals surface area contributed by atoms with Crippen molar-refractivity contribution in [1.82, 2.24) is 9.97 Å². The van der Waals surface area contributed by atoms with E-state index in [9.17, 15) is 0 Å². The predicted octanol–water partition coefficient (Wildman–Crippen LogP) is 3.71.